The Kier molecular flexibility index (Phi) is 5.95. The van der Waals surface area contributed by atoms with Crippen molar-refractivity contribution in [1.82, 2.24) is 0 Å². The molecule has 0 aliphatic rings. The molecular formula is C28H20O4. The van der Waals surface area contributed by atoms with Gasteiger partial charge in [0.05, 0.1) is 11.1 Å². The molecule has 0 saturated carbocycles. The van der Waals surface area contributed by atoms with E-state index in [1.165, 1.54) is 12.1 Å². The number of hydrogen-bond acceptors (Lipinski definition) is 2. The summed E-state index contributed by atoms with van der Waals surface area (Å²) in [7, 11) is 0. The lowest BCUT2D eigenvalue weighted by atomic mass is 9.94. The number of benzene rings is 4. The van der Waals surface area contributed by atoms with Crippen LogP contribution in [0.3, 0.4) is 0 Å². The highest BCUT2D eigenvalue weighted by Crippen LogP contribution is 2.28. The van der Waals surface area contributed by atoms with Crippen LogP contribution in [0.25, 0.3) is 22.8 Å². The number of carboxylic acid groups (broad SMARTS) is 2. The van der Waals surface area contributed by atoms with E-state index in [1.807, 2.05) is 60.7 Å². The summed E-state index contributed by atoms with van der Waals surface area (Å²) in [5.41, 5.74) is 5.31. The largest absolute Gasteiger partial charge is 0.478 e. The smallest absolute Gasteiger partial charge is 0.336 e. The highest BCUT2D eigenvalue weighted by molar-refractivity contribution is 6.02. The van der Waals surface area contributed by atoms with Gasteiger partial charge < -0.3 is 10.2 Å². The van der Waals surface area contributed by atoms with Crippen molar-refractivity contribution in [2.75, 3.05) is 0 Å². The molecule has 0 fully saturated rings. The SMILES string of the molecule is O=C(O)c1ccc(-c2ccc(C=C(c3ccccc3)c3ccccc3)cc2)cc1C(=O)O. The molecule has 0 bridgehead atoms. The first-order valence-electron chi connectivity index (χ1n) is 10.1. The fourth-order valence-electron chi connectivity index (χ4n) is 3.59. The molecule has 0 aliphatic carbocycles. The Labute approximate surface area is 185 Å². The topological polar surface area (TPSA) is 74.6 Å². The van der Waals surface area contributed by atoms with Gasteiger partial charge in [-0.15, -0.1) is 0 Å². The lowest BCUT2D eigenvalue weighted by Crippen LogP contribution is -2.07. The van der Waals surface area contributed by atoms with Crippen LogP contribution in [0.1, 0.15) is 37.4 Å². The van der Waals surface area contributed by atoms with Crippen molar-refractivity contribution < 1.29 is 19.8 Å². The van der Waals surface area contributed by atoms with E-state index in [0.717, 1.165) is 27.8 Å². The first kappa shape index (κ1) is 20.8. The molecule has 4 nitrogen and oxygen atoms in total. The molecular weight excluding hydrogens is 400 g/mol. The van der Waals surface area contributed by atoms with Gasteiger partial charge in [0.15, 0.2) is 0 Å². The molecule has 0 spiro atoms. The highest BCUT2D eigenvalue weighted by Gasteiger charge is 2.16. The third kappa shape index (κ3) is 4.50. The van der Waals surface area contributed by atoms with E-state index >= 15 is 0 Å². The van der Waals surface area contributed by atoms with Crippen LogP contribution in [-0.2, 0) is 0 Å². The molecule has 0 amide bonds. The minimum absolute atomic E-state index is 0.226. The molecule has 32 heavy (non-hydrogen) atoms. The van der Waals surface area contributed by atoms with Crippen molar-refractivity contribution >= 4 is 23.6 Å². The summed E-state index contributed by atoms with van der Waals surface area (Å²) >= 11 is 0. The van der Waals surface area contributed by atoms with Gasteiger partial charge in [0.2, 0.25) is 0 Å². The maximum absolute atomic E-state index is 11.5. The Morgan fingerprint density at radius 3 is 1.56 bits per heavy atom. The van der Waals surface area contributed by atoms with Gasteiger partial charge in [-0.25, -0.2) is 9.59 Å². The Morgan fingerprint density at radius 1 is 0.562 bits per heavy atom. The molecule has 4 aromatic rings. The van der Waals surface area contributed by atoms with Gasteiger partial charge >= 0.3 is 11.9 Å². The summed E-state index contributed by atoms with van der Waals surface area (Å²) in [6.07, 6.45) is 2.12. The Balaban J connectivity index is 1.72. The second kappa shape index (κ2) is 9.14. The molecule has 4 aromatic carbocycles. The van der Waals surface area contributed by atoms with Crippen molar-refractivity contribution in [2.45, 2.75) is 0 Å². The van der Waals surface area contributed by atoms with Crippen LogP contribution in [0.5, 0.6) is 0 Å². The number of rotatable bonds is 6. The van der Waals surface area contributed by atoms with E-state index < -0.39 is 11.9 Å². The van der Waals surface area contributed by atoms with E-state index in [-0.39, 0.29) is 11.1 Å². The Morgan fingerprint density at radius 2 is 1.06 bits per heavy atom. The number of carboxylic acids is 2. The van der Waals surface area contributed by atoms with Crippen LogP contribution in [0, 0.1) is 0 Å². The van der Waals surface area contributed by atoms with Crippen molar-refractivity contribution in [1.29, 1.82) is 0 Å². The molecule has 156 valence electrons. The third-order valence-corrected chi connectivity index (χ3v) is 5.20. The highest BCUT2D eigenvalue weighted by atomic mass is 16.4. The minimum Gasteiger partial charge on any atom is -0.478 e. The molecule has 0 atom stereocenters. The zero-order chi connectivity index (χ0) is 22.5. The van der Waals surface area contributed by atoms with E-state index in [2.05, 4.69) is 30.3 Å². The van der Waals surface area contributed by atoms with Crippen LogP contribution in [0.15, 0.2) is 103 Å². The van der Waals surface area contributed by atoms with Gasteiger partial charge in [0.1, 0.15) is 0 Å². The predicted octanol–water partition coefficient (Wildman–Crippen LogP) is 6.34. The fourth-order valence-corrected chi connectivity index (χ4v) is 3.59. The van der Waals surface area contributed by atoms with Gasteiger partial charge in [0, 0.05) is 0 Å². The lowest BCUT2D eigenvalue weighted by Gasteiger charge is -2.10. The molecule has 0 heterocycles. The molecule has 0 unspecified atom stereocenters. The van der Waals surface area contributed by atoms with Crippen LogP contribution < -0.4 is 0 Å². The summed E-state index contributed by atoms with van der Waals surface area (Å²) in [6.45, 7) is 0. The van der Waals surface area contributed by atoms with Gasteiger partial charge in [-0.2, -0.15) is 0 Å². The predicted molar refractivity (Wildman–Crippen MR) is 126 cm³/mol. The fraction of sp³-hybridized carbons (Fsp3) is 0. The first-order valence-corrected chi connectivity index (χ1v) is 10.1. The molecule has 0 aliphatic heterocycles. The Hall–Kier alpha value is -4.44. The van der Waals surface area contributed by atoms with Crippen molar-refractivity contribution in [2.24, 2.45) is 0 Å². The maximum atomic E-state index is 11.5. The van der Waals surface area contributed by atoms with E-state index in [9.17, 15) is 19.8 Å². The van der Waals surface area contributed by atoms with Crippen LogP contribution in [-0.4, -0.2) is 22.2 Å². The summed E-state index contributed by atoms with van der Waals surface area (Å²) in [5.74, 6) is -2.53. The maximum Gasteiger partial charge on any atom is 0.336 e. The normalized spacial score (nSPS) is 10.4. The standard InChI is InChI=1S/C28H20O4/c29-27(30)24-16-15-23(18-26(24)28(31)32)20-13-11-19(12-14-20)17-25(21-7-3-1-4-8-21)22-9-5-2-6-10-22/h1-18H,(H,29,30)(H,31,32). The zero-order valence-corrected chi connectivity index (χ0v) is 17.1. The van der Waals surface area contributed by atoms with Gasteiger partial charge in [-0.3, -0.25) is 0 Å². The lowest BCUT2D eigenvalue weighted by molar-refractivity contribution is 0.0651. The van der Waals surface area contributed by atoms with Gasteiger partial charge in [0.25, 0.3) is 0 Å². The molecule has 0 saturated heterocycles. The molecule has 0 aromatic heterocycles. The van der Waals surface area contributed by atoms with Crippen molar-refractivity contribution in [3.05, 3.63) is 131 Å². The average Bonchev–Trinajstić information content (AvgIpc) is 2.83. The average molecular weight is 420 g/mol. The van der Waals surface area contributed by atoms with Crippen LogP contribution in [0.4, 0.5) is 0 Å². The number of hydrogen-bond donors (Lipinski definition) is 2. The molecule has 4 heteroatoms. The third-order valence-electron chi connectivity index (χ3n) is 5.20. The quantitative estimate of drug-likeness (QED) is 0.357. The molecule has 0 radical (unpaired) electrons. The van der Waals surface area contributed by atoms with Gasteiger partial charge in [-0.05, 0) is 51.6 Å². The van der Waals surface area contributed by atoms with E-state index in [0.29, 0.717) is 5.56 Å². The zero-order valence-electron chi connectivity index (χ0n) is 17.1. The number of carbonyl (C=O) groups is 2. The summed E-state index contributed by atoms with van der Waals surface area (Å²) in [6, 6.07) is 32.4. The summed E-state index contributed by atoms with van der Waals surface area (Å²) in [5, 5.41) is 18.6. The monoisotopic (exact) mass is 420 g/mol. The van der Waals surface area contributed by atoms with Gasteiger partial charge in [-0.1, -0.05) is 91.0 Å². The van der Waals surface area contributed by atoms with Crippen molar-refractivity contribution in [3.63, 3.8) is 0 Å². The molecule has 4 rings (SSSR count). The molecule has 2 N–H and O–H groups in total. The first-order chi connectivity index (χ1) is 15.5. The summed E-state index contributed by atoms with van der Waals surface area (Å²) < 4.78 is 0. The Bertz CT molecular complexity index is 1250. The van der Waals surface area contributed by atoms with Crippen molar-refractivity contribution in [3.8, 4) is 11.1 Å². The minimum atomic E-state index is -1.26. The van der Waals surface area contributed by atoms with Crippen LogP contribution >= 0.6 is 0 Å². The summed E-state index contributed by atoms with van der Waals surface area (Å²) in [4.78, 5) is 22.8. The second-order valence-corrected chi connectivity index (χ2v) is 7.28. The number of aromatic carboxylic acids is 2. The van der Waals surface area contributed by atoms with E-state index in [1.54, 1.807) is 6.07 Å². The van der Waals surface area contributed by atoms with E-state index in [4.69, 9.17) is 0 Å². The second-order valence-electron chi connectivity index (χ2n) is 7.28. The van der Waals surface area contributed by atoms with Crippen LogP contribution in [0.2, 0.25) is 0 Å².